The van der Waals surface area contributed by atoms with Crippen LogP contribution in [0.2, 0.25) is 0 Å². The van der Waals surface area contributed by atoms with Crippen LogP contribution in [0.4, 0.5) is 5.13 Å². The maximum absolute atomic E-state index is 12.4. The summed E-state index contributed by atoms with van der Waals surface area (Å²) in [7, 11) is 0. The number of benzene rings is 1. The highest BCUT2D eigenvalue weighted by Gasteiger charge is 2.23. The number of nitrogens with zero attached hydrogens (tertiary/aromatic N) is 3. The summed E-state index contributed by atoms with van der Waals surface area (Å²) in [6.45, 7) is 3.25. The molecule has 4 rings (SSSR count). The van der Waals surface area contributed by atoms with E-state index in [-0.39, 0.29) is 5.91 Å². The molecule has 0 aliphatic carbocycles. The highest BCUT2D eigenvalue weighted by molar-refractivity contribution is 7.98. The number of hydrogen-bond acceptors (Lipinski definition) is 6. The van der Waals surface area contributed by atoms with Gasteiger partial charge in [0.25, 0.3) is 0 Å². The average molecular weight is 390 g/mol. The largest absolute Gasteiger partial charge is 0.345 e. The second-order valence-corrected chi connectivity index (χ2v) is 8.82. The Labute approximate surface area is 159 Å². The molecule has 0 N–H and O–H groups in total. The summed E-state index contributed by atoms with van der Waals surface area (Å²) in [5.74, 6) is 0.232. The number of thiazole rings is 1. The number of carbonyl (C=O) groups is 1. The van der Waals surface area contributed by atoms with E-state index in [1.54, 1.807) is 34.4 Å². The summed E-state index contributed by atoms with van der Waals surface area (Å²) in [6.07, 6.45) is 2.61. The van der Waals surface area contributed by atoms with E-state index in [0.717, 1.165) is 41.7 Å². The van der Waals surface area contributed by atoms with Gasteiger partial charge in [-0.1, -0.05) is 23.5 Å². The van der Waals surface area contributed by atoms with Gasteiger partial charge in [-0.3, -0.25) is 4.79 Å². The van der Waals surface area contributed by atoms with E-state index in [1.807, 2.05) is 22.4 Å². The number of carbonyl (C=O) groups excluding carboxylic acids is 1. The summed E-state index contributed by atoms with van der Waals surface area (Å²) in [6, 6.07) is 10.4. The summed E-state index contributed by atoms with van der Waals surface area (Å²) < 4.78 is 1.23. The van der Waals surface area contributed by atoms with E-state index in [0.29, 0.717) is 6.42 Å². The predicted molar refractivity (Wildman–Crippen MR) is 108 cm³/mol. The Hall–Kier alpha value is -1.57. The minimum Gasteiger partial charge on any atom is -0.345 e. The number of aromatic nitrogens is 1. The molecule has 3 heterocycles. The Morgan fingerprint density at radius 2 is 2.04 bits per heavy atom. The van der Waals surface area contributed by atoms with E-state index in [1.165, 1.54) is 9.60 Å². The number of para-hydroxylation sites is 1. The maximum atomic E-state index is 12.4. The molecule has 0 unspecified atom stereocenters. The van der Waals surface area contributed by atoms with Crippen molar-refractivity contribution in [2.75, 3.05) is 37.3 Å². The van der Waals surface area contributed by atoms with Crippen LogP contribution in [0.5, 0.6) is 0 Å². The van der Waals surface area contributed by atoms with E-state index in [9.17, 15) is 4.79 Å². The number of piperazine rings is 1. The fourth-order valence-corrected chi connectivity index (χ4v) is 5.40. The minimum atomic E-state index is 0.232. The van der Waals surface area contributed by atoms with Gasteiger partial charge in [-0.2, -0.15) is 0 Å². The van der Waals surface area contributed by atoms with Crippen molar-refractivity contribution in [2.24, 2.45) is 0 Å². The Morgan fingerprint density at radius 3 is 2.76 bits per heavy atom. The number of rotatable bonds is 4. The molecule has 0 saturated carbocycles. The Bertz CT molecular complexity index is 867. The second kappa shape index (κ2) is 7.35. The number of thiophene rings is 1. The van der Waals surface area contributed by atoms with E-state index in [2.05, 4.69) is 29.4 Å². The van der Waals surface area contributed by atoms with Crippen LogP contribution in [0.3, 0.4) is 0 Å². The fourth-order valence-electron chi connectivity index (χ4n) is 3.03. The first kappa shape index (κ1) is 16.9. The molecule has 1 fully saturated rings. The lowest BCUT2D eigenvalue weighted by Gasteiger charge is -2.34. The van der Waals surface area contributed by atoms with E-state index >= 15 is 0 Å². The number of thioether (sulfide) groups is 1. The van der Waals surface area contributed by atoms with Crippen LogP contribution < -0.4 is 4.90 Å². The van der Waals surface area contributed by atoms with E-state index < -0.39 is 0 Å². The van der Waals surface area contributed by atoms with Crippen LogP contribution in [-0.4, -0.2) is 48.2 Å². The van der Waals surface area contributed by atoms with Crippen molar-refractivity contribution in [3.05, 3.63) is 40.6 Å². The molecular formula is C18H19N3OS3. The molecule has 3 aromatic rings. The Morgan fingerprint density at radius 1 is 1.20 bits per heavy atom. The van der Waals surface area contributed by atoms with Crippen molar-refractivity contribution in [3.63, 3.8) is 0 Å². The normalized spacial score (nSPS) is 15.1. The Balaban J connectivity index is 1.42. The van der Waals surface area contributed by atoms with Crippen molar-refractivity contribution in [2.45, 2.75) is 11.3 Å². The first-order valence-corrected chi connectivity index (χ1v) is 11.2. The number of hydrogen-bond donors (Lipinski definition) is 0. The lowest BCUT2D eigenvalue weighted by Crippen LogP contribution is -2.49. The molecule has 1 aliphatic rings. The third-order valence-electron chi connectivity index (χ3n) is 4.40. The molecule has 2 aromatic heterocycles. The maximum Gasteiger partial charge on any atom is 0.227 e. The molecule has 1 amide bonds. The van der Waals surface area contributed by atoms with Crippen molar-refractivity contribution >= 4 is 55.7 Å². The third-order valence-corrected chi connectivity index (χ3v) is 7.13. The molecule has 0 radical (unpaired) electrons. The van der Waals surface area contributed by atoms with Crippen molar-refractivity contribution in [1.29, 1.82) is 0 Å². The van der Waals surface area contributed by atoms with Crippen molar-refractivity contribution < 1.29 is 4.79 Å². The molecule has 1 aromatic carbocycles. The van der Waals surface area contributed by atoms with Crippen molar-refractivity contribution in [3.8, 4) is 0 Å². The standard InChI is InChI=1S/C18H19N3OS3/c1-23-14-5-2-6-15-17(14)19-18(25-15)21-9-7-20(8-10-21)16(22)12-13-4-3-11-24-13/h2-6,11H,7-10,12H2,1H3. The van der Waals surface area contributed by atoms with Crippen molar-refractivity contribution in [1.82, 2.24) is 9.88 Å². The average Bonchev–Trinajstić information content (AvgIpc) is 3.30. The summed E-state index contributed by atoms with van der Waals surface area (Å²) in [4.78, 5) is 24.0. The summed E-state index contributed by atoms with van der Waals surface area (Å²) in [5.41, 5.74) is 1.10. The lowest BCUT2D eigenvalue weighted by atomic mass is 10.2. The van der Waals surface area contributed by atoms with Gasteiger partial charge in [0.15, 0.2) is 5.13 Å². The summed E-state index contributed by atoms with van der Waals surface area (Å²) >= 11 is 5.13. The minimum absolute atomic E-state index is 0.232. The Kier molecular flexibility index (Phi) is 4.96. The van der Waals surface area contributed by atoms with Crippen LogP contribution >= 0.6 is 34.4 Å². The van der Waals surface area contributed by atoms with Crippen LogP contribution in [0.15, 0.2) is 40.6 Å². The van der Waals surface area contributed by atoms with Gasteiger partial charge < -0.3 is 9.80 Å². The van der Waals surface area contributed by atoms with Crippen LogP contribution in [0, 0.1) is 0 Å². The third kappa shape index (κ3) is 3.54. The van der Waals surface area contributed by atoms with Crippen LogP contribution in [0.25, 0.3) is 10.2 Å². The van der Waals surface area contributed by atoms with Gasteiger partial charge >= 0.3 is 0 Å². The zero-order valence-electron chi connectivity index (χ0n) is 14.0. The quantitative estimate of drug-likeness (QED) is 0.633. The molecule has 7 heteroatoms. The highest BCUT2D eigenvalue weighted by Crippen LogP contribution is 2.34. The molecule has 0 bridgehead atoms. The molecule has 0 spiro atoms. The number of amides is 1. The molecule has 1 aliphatic heterocycles. The van der Waals surface area contributed by atoms with E-state index in [4.69, 9.17) is 4.98 Å². The van der Waals surface area contributed by atoms with Crippen LogP contribution in [-0.2, 0) is 11.2 Å². The van der Waals surface area contributed by atoms with Gasteiger partial charge in [0, 0.05) is 36.0 Å². The van der Waals surface area contributed by atoms with Gasteiger partial charge in [0.1, 0.15) is 0 Å². The molecule has 130 valence electrons. The van der Waals surface area contributed by atoms with Gasteiger partial charge in [0.2, 0.25) is 5.91 Å². The second-order valence-electron chi connectivity index (χ2n) is 5.93. The lowest BCUT2D eigenvalue weighted by molar-refractivity contribution is -0.130. The SMILES string of the molecule is CSc1cccc2sc(N3CCN(C(=O)Cc4cccs4)CC3)nc12. The molecular weight excluding hydrogens is 370 g/mol. The van der Waals surface area contributed by atoms with Gasteiger partial charge in [-0.25, -0.2) is 4.98 Å². The van der Waals surface area contributed by atoms with Gasteiger partial charge in [0.05, 0.1) is 16.6 Å². The number of anilines is 1. The number of fused-ring (bicyclic) bond motifs is 1. The molecule has 4 nitrogen and oxygen atoms in total. The first-order valence-electron chi connectivity index (χ1n) is 8.23. The predicted octanol–water partition coefficient (Wildman–Crippen LogP) is 3.97. The van der Waals surface area contributed by atoms with Gasteiger partial charge in [-0.05, 0) is 29.8 Å². The smallest absolute Gasteiger partial charge is 0.227 e. The summed E-state index contributed by atoms with van der Waals surface area (Å²) in [5, 5.41) is 3.10. The zero-order chi connectivity index (χ0) is 17.2. The highest BCUT2D eigenvalue weighted by atomic mass is 32.2. The van der Waals surface area contributed by atoms with Gasteiger partial charge in [-0.15, -0.1) is 23.1 Å². The van der Waals surface area contributed by atoms with Crippen LogP contribution in [0.1, 0.15) is 4.88 Å². The topological polar surface area (TPSA) is 36.4 Å². The molecule has 0 atom stereocenters. The first-order chi connectivity index (χ1) is 12.2. The molecule has 25 heavy (non-hydrogen) atoms. The zero-order valence-corrected chi connectivity index (χ0v) is 16.4. The fraction of sp³-hybridized carbons (Fsp3) is 0.333. The monoisotopic (exact) mass is 389 g/mol. The molecule has 1 saturated heterocycles.